The number of nitrogens with one attached hydrogen (secondary N) is 1. The number of nitrogens with zero attached hydrogens (tertiary/aromatic N) is 2. The van der Waals surface area contributed by atoms with Crippen molar-refractivity contribution < 1.29 is 18.1 Å². The van der Waals surface area contributed by atoms with E-state index in [9.17, 15) is 23.3 Å². The lowest BCUT2D eigenvalue weighted by molar-refractivity contribution is -0.384. The van der Waals surface area contributed by atoms with Gasteiger partial charge in [-0.15, -0.1) is 0 Å². The van der Waals surface area contributed by atoms with Crippen LogP contribution in [0, 0.1) is 10.1 Å². The molecule has 0 atom stereocenters. The van der Waals surface area contributed by atoms with E-state index in [0.29, 0.717) is 0 Å². The van der Waals surface area contributed by atoms with Crippen LogP contribution in [0.5, 0.6) is 0 Å². The third-order valence-corrected chi connectivity index (χ3v) is 4.81. The van der Waals surface area contributed by atoms with Crippen molar-refractivity contribution in [2.24, 2.45) is 0 Å². The third kappa shape index (κ3) is 5.29. The molecule has 128 valence electrons. The fourth-order valence-corrected chi connectivity index (χ4v) is 3.28. The Hall–Kier alpha value is -2.00. The third-order valence-electron chi connectivity index (χ3n) is 2.87. The molecule has 8 nitrogen and oxygen atoms in total. The van der Waals surface area contributed by atoms with Gasteiger partial charge in [-0.25, -0.2) is 8.42 Å². The molecule has 0 aliphatic rings. The fraction of sp³-hybridized carbons (Fsp3) is 0.500. The number of nitro benzene ring substituents is 1. The quantitative estimate of drug-likeness (QED) is 0.622. The van der Waals surface area contributed by atoms with Gasteiger partial charge in [-0.2, -0.15) is 4.31 Å². The van der Waals surface area contributed by atoms with Crippen LogP contribution in [0.1, 0.15) is 27.7 Å². The van der Waals surface area contributed by atoms with Gasteiger partial charge in [0.25, 0.3) is 5.69 Å². The van der Waals surface area contributed by atoms with Crippen molar-refractivity contribution in [2.75, 3.05) is 13.1 Å². The van der Waals surface area contributed by atoms with Crippen molar-refractivity contribution in [1.82, 2.24) is 9.62 Å². The molecule has 9 heteroatoms. The Kier molecular flexibility index (Phi) is 5.84. The fourth-order valence-electron chi connectivity index (χ4n) is 1.87. The number of likely N-dealkylation sites (N-methyl/N-ethyl adjacent to an activating group) is 1. The van der Waals surface area contributed by atoms with Crippen molar-refractivity contribution in [2.45, 2.75) is 38.1 Å². The summed E-state index contributed by atoms with van der Waals surface area (Å²) in [6.45, 7) is 6.81. The molecule has 1 aromatic carbocycles. The van der Waals surface area contributed by atoms with Crippen molar-refractivity contribution >= 4 is 21.6 Å². The predicted octanol–water partition coefficient (Wildman–Crippen LogP) is 1.52. The lowest BCUT2D eigenvalue weighted by Gasteiger charge is -2.24. The summed E-state index contributed by atoms with van der Waals surface area (Å²) in [4.78, 5) is 21.9. The van der Waals surface area contributed by atoms with Crippen molar-refractivity contribution in [1.29, 1.82) is 0 Å². The van der Waals surface area contributed by atoms with E-state index in [-0.39, 0.29) is 23.7 Å². The van der Waals surface area contributed by atoms with E-state index in [1.807, 2.05) is 0 Å². The van der Waals surface area contributed by atoms with Crippen LogP contribution >= 0.6 is 0 Å². The molecule has 23 heavy (non-hydrogen) atoms. The Morgan fingerprint density at radius 3 is 2.17 bits per heavy atom. The van der Waals surface area contributed by atoms with Crippen LogP contribution in [-0.2, 0) is 14.8 Å². The first-order valence-corrected chi connectivity index (χ1v) is 8.47. The van der Waals surface area contributed by atoms with E-state index >= 15 is 0 Å². The number of hydrogen-bond donors (Lipinski definition) is 1. The van der Waals surface area contributed by atoms with Crippen molar-refractivity contribution in [3.63, 3.8) is 0 Å². The van der Waals surface area contributed by atoms with Gasteiger partial charge >= 0.3 is 0 Å². The number of sulfonamides is 1. The molecule has 0 spiro atoms. The molecule has 1 rings (SSSR count). The molecule has 1 amide bonds. The van der Waals surface area contributed by atoms with Gasteiger partial charge in [0.2, 0.25) is 15.9 Å². The Labute approximate surface area is 135 Å². The van der Waals surface area contributed by atoms with Gasteiger partial charge in [0.05, 0.1) is 16.4 Å². The average Bonchev–Trinajstić information content (AvgIpc) is 2.42. The molecule has 0 heterocycles. The van der Waals surface area contributed by atoms with Gasteiger partial charge < -0.3 is 5.32 Å². The second-order valence-corrected chi connectivity index (χ2v) is 7.92. The van der Waals surface area contributed by atoms with Gasteiger partial charge in [0.15, 0.2) is 0 Å². The lowest BCUT2D eigenvalue weighted by atomic mass is 10.1. The van der Waals surface area contributed by atoms with Crippen LogP contribution in [0.25, 0.3) is 0 Å². The molecule has 0 aliphatic heterocycles. The maximum Gasteiger partial charge on any atom is 0.269 e. The predicted molar refractivity (Wildman–Crippen MR) is 85.4 cm³/mol. The van der Waals surface area contributed by atoms with Crippen LogP contribution in [0.15, 0.2) is 29.2 Å². The Bertz CT molecular complexity index is 677. The average molecular weight is 343 g/mol. The van der Waals surface area contributed by atoms with E-state index in [4.69, 9.17) is 0 Å². The van der Waals surface area contributed by atoms with Gasteiger partial charge in [0.1, 0.15) is 0 Å². The summed E-state index contributed by atoms with van der Waals surface area (Å²) in [5, 5.41) is 13.3. The summed E-state index contributed by atoms with van der Waals surface area (Å²) in [7, 11) is -3.89. The standard InChI is InChI=1S/C14H21N3O5S/c1-5-16(10-13(18)15-14(2,3)4)23(21,22)12-8-6-11(7-9-12)17(19)20/h6-9H,5,10H2,1-4H3,(H,15,18). The van der Waals surface area contributed by atoms with E-state index in [1.54, 1.807) is 27.7 Å². The Morgan fingerprint density at radius 2 is 1.78 bits per heavy atom. The number of hydrogen-bond acceptors (Lipinski definition) is 5. The van der Waals surface area contributed by atoms with Crippen molar-refractivity contribution in [3.05, 3.63) is 34.4 Å². The molecule has 1 aromatic rings. The van der Waals surface area contributed by atoms with E-state index in [1.165, 1.54) is 0 Å². The topological polar surface area (TPSA) is 110 Å². The SMILES string of the molecule is CCN(CC(=O)NC(C)(C)C)S(=O)(=O)c1ccc([N+](=O)[O-])cc1. The summed E-state index contributed by atoms with van der Waals surface area (Å²) < 4.78 is 26.1. The molecular formula is C14H21N3O5S. The van der Waals surface area contributed by atoms with E-state index < -0.39 is 26.4 Å². The Morgan fingerprint density at radius 1 is 1.26 bits per heavy atom. The summed E-state index contributed by atoms with van der Waals surface area (Å²) >= 11 is 0. The van der Waals surface area contributed by atoms with Crippen LogP contribution in [0.3, 0.4) is 0 Å². The Balaban J connectivity index is 2.99. The molecule has 0 aliphatic carbocycles. The number of carbonyl (C=O) groups is 1. The molecule has 1 N–H and O–H groups in total. The number of amides is 1. The zero-order valence-electron chi connectivity index (χ0n) is 13.6. The first-order valence-electron chi connectivity index (χ1n) is 7.03. The highest BCUT2D eigenvalue weighted by Crippen LogP contribution is 2.19. The summed E-state index contributed by atoms with van der Waals surface area (Å²) in [6, 6.07) is 4.57. The first kappa shape index (κ1) is 19.0. The van der Waals surface area contributed by atoms with E-state index in [2.05, 4.69) is 5.32 Å². The number of benzene rings is 1. The summed E-state index contributed by atoms with van der Waals surface area (Å²) in [6.07, 6.45) is 0. The highest BCUT2D eigenvalue weighted by molar-refractivity contribution is 7.89. The van der Waals surface area contributed by atoms with Gasteiger partial charge in [-0.05, 0) is 32.9 Å². The monoisotopic (exact) mass is 343 g/mol. The number of carbonyl (C=O) groups excluding carboxylic acids is 1. The minimum absolute atomic E-state index is 0.0893. The summed E-state index contributed by atoms with van der Waals surface area (Å²) in [5.41, 5.74) is -0.661. The molecule has 0 saturated heterocycles. The van der Waals surface area contributed by atoms with Crippen LogP contribution < -0.4 is 5.32 Å². The summed E-state index contributed by atoms with van der Waals surface area (Å²) in [5.74, 6) is -0.412. The smallest absolute Gasteiger partial charge is 0.269 e. The maximum atomic E-state index is 12.5. The number of non-ortho nitro benzene ring substituents is 1. The van der Waals surface area contributed by atoms with Crippen LogP contribution in [-0.4, -0.2) is 42.2 Å². The van der Waals surface area contributed by atoms with Crippen LogP contribution in [0.2, 0.25) is 0 Å². The van der Waals surface area contributed by atoms with Crippen LogP contribution in [0.4, 0.5) is 5.69 Å². The molecule has 0 unspecified atom stereocenters. The van der Waals surface area contributed by atoms with E-state index in [0.717, 1.165) is 28.6 Å². The highest BCUT2D eigenvalue weighted by Gasteiger charge is 2.27. The molecular weight excluding hydrogens is 322 g/mol. The zero-order valence-corrected chi connectivity index (χ0v) is 14.4. The molecule has 0 aromatic heterocycles. The highest BCUT2D eigenvalue weighted by atomic mass is 32.2. The minimum atomic E-state index is -3.89. The molecule has 0 bridgehead atoms. The largest absolute Gasteiger partial charge is 0.350 e. The number of nitro groups is 1. The zero-order chi connectivity index (χ0) is 17.8. The lowest BCUT2D eigenvalue weighted by Crippen LogP contribution is -2.47. The minimum Gasteiger partial charge on any atom is -0.350 e. The normalized spacial score (nSPS) is 12.2. The number of rotatable bonds is 6. The van der Waals surface area contributed by atoms with Gasteiger partial charge in [0, 0.05) is 24.2 Å². The molecule has 0 fully saturated rings. The molecule has 0 saturated carbocycles. The molecule has 0 radical (unpaired) electrons. The second-order valence-electron chi connectivity index (χ2n) is 5.98. The van der Waals surface area contributed by atoms with Crippen molar-refractivity contribution in [3.8, 4) is 0 Å². The maximum absolute atomic E-state index is 12.5. The second kappa shape index (κ2) is 7.05. The van der Waals surface area contributed by atoms with Gasteiger partial charge in [-0.3, -0.25) is 14.9 Å². The van der Waals surface area contributed by atoms with Gasteiger partial charge in [-0.1, -0.05) is 6.92 Å². The first-order chi connectivity index (χ1) is 10.5.